The van der Waals surface area contributed by atoms with Crippen molar-refractivity contribution in [1.82, 2.24) is 5.16 Å². The summed E-state index contributed by atoms with van der Waals surface area (Å²) in [5.74, 6) is 2.50. The fraction of sp³-hybridized carbons (Fsp3) is 0.200. The summed E-state index contributed by atoms with van der Waals surface area (Å²) < 4.78 is 11.9. The smallest absolute Gasteiger partial charge is 0.180 e. The predicted octanol–water partition coefficient (Wildman–Crippen LogP) is 7.32. The van der Waals surface area contributed by atoms with Gasteiger partial charge in [0.1, 0.15) is 18.1 Å². The Morgan fingerprint density at radius 3 is 2.49 bits per heavy atom. The first kappa shape index (κ1) is 22.5. The zero-order valence-electron chi connectivity index (χ0n) is 20.2. The monoisotopic (exact) mass is 461 g/mol. The van der Waals surface area contributed by atoms with Gasteiger partial charge in [-0.3, -0.25) is 0 Å². The van der Waals surface area contributed by atoms with Gasteiger partial charge in [-0.05, 0) is 61.2 Å². The van der Waals surface area contributed by atoms with Crippen molar-refractivity contribution in [3.8, 4) is 17.2 Å². The van der Waals surface area contributed by atoms with Crippen molar-refractivity contribution in [2.24, 2.45) is 0 Å². The van der Waals surface area contributed by atoms with Crippen LogP contribution in [0.25, 0.3) is 16.9 Å². The van der Waals surface area contributed by atoms with Gasteiger partial charge in [-0.25, -0.2) is 0 Å². The van der Waals surface area contributed by atoms with E-state index >= 15 is 0 Å². The van der Waals surface area contributed by atoms with Crippen LogP contribution in [0.15, 0.2) is 83.4 Å². The molecule has 1 aliphatic heterocycles. The number of ether oxygens (including phenoxy) is 1. The second-order valence-corrected chi connectivity index (χ2v) is 8.73. The molecular weight excluding hydrogens is 434 g/mol. The highest BCUT2D eigenvalue weighted by atomic mass is 16.5. The number of nitriles is 1. The van der Waals surface area contributed by atoms with Crippen LogP contribution >= 0.6 is 0 Å². The molecule has 35 heavy (non-hydrogen) atoms. The van der Waals surface area contributed by atoms with Crippen LogP contribution < -0.4 is 4.90 Å². The first-order valence-corrected chi connectivity index (χ1v) is 11.8. The van der Waals surface area contributed by atoms with E-state index in [9.17, 15) is 5.26 Å². The van der Waals surface area contributed by atoms with Gasteiger partial charge in [-0.2, -0.15) is 5.26 Å². The standard InChI is InChI=1S/C30H27N3O2/c1-4-25-17-29(27-12-8-9-13-28(27)33(25)30-20(2)21(3)35-32-30)34-19-22-14-15-26(24(16-22)18-31)23-10-6-5-7-11-23/h5-17,25H,4,19H2,1-3H3. The lowest BCUT2D eigenvalue weighted by molar-refractivity contribution is 0.262. The molecule has 4 aromatic rings. The third kappa shape index (κ3) is 4.20. The summed E-state index contributed by atoms with van der Waals surface area (Å²) >= 11 is 0. The van der Waals surface area contributed by atoms with Gasteiger partial charge in [0.15, 0.2) is 5.82 Å². The molecule has 0 bridgehead atoms. The van der Waals surface area contributed by atoms with Crippen LogP contribution in [0.5, 0.6) is 0 Å². The first-order valence-electron chi connectivity index (χ1n) is 11.8. The highest BCUT2D eigenvalue weighted by Gasteiger charge is 2.31. The minimum atomic E-state index is 0.0817. The fourth-order valence-corrected chi connectivity index (χ4v) is 4.54. The Labute approximate surface area is 205 Å². The molecule has 1 aliphatic rings. The minimum Gasteiger partial charge on any atom is -0.488 e. The van der Waals surface area contributed by atoms with Gasteiger partial charge < -0.3 is 14.2 Å². The lowest BCUT2D eigenvalue weighted by Crippen LogP contribution is -2.33. The van der Waals surface area contributed by atoms with E-state index in [1.165, 1.54) is 0 Å². The maximum atomic E-state index is 9.76. The maximum Gasteiger partial charge on any atom is 0.180 e. The molecule has 0 N–H and O–H groups in total. The number of benzene rings is 3. The van der Waals surface area contributed by atoms with Crippen LogP contribution in [0.1, 0.15) is 41.4 Å². The summed E-state index contributed by atoms with van der Waals surface area (Å²) in [6.45, 7) is 6.51. The van der Waals surface area contributed by atoms with E-state index in [2.05, 4.69) is 41.3 Å². The lowest BCUT2D eigenvalue weighted by atomic mass is 9.98. The van der Waals surface area contributed by atoms with Gasteiger partial charge >= 0.3 is 0 Å². The second kappa shape index (κ2) is 9.52. The lowest BCUT2D eigenvalue weighted by Gasteiger charge is -2.35. The van der Waals surface area contributed by atoms with Crippen LogP contribution in [0.3, 0.4) is 0 Å². The van der Waals surface area contributed by atoms with Crippen molar-refractivity contribution in [2.45, 2.75) is 39.8 Å². The molecule has 5 heteroatoms. The van der Waals surface area contributed by atoms with Crippen molar-refractivity contribution in [1.29, 1.82) is 5.26 Å². The second-order valence-electron chi connectivity index (χ2n) is 8.73. The Kier molecular flexibility index (Phi) is 6.12. The minimum absolute atomic E-state index is 0.0817. The van der Waals surface area contributed by atoms with Crippen LogP contribution in [-0.2, 0) is 11.3 Å². The molecule has 1 atom stereocenters. The first-order chi connectivity index (χ1) is 17.1. The molecule has 3 aromatic carbocycles. The van der Waals surface area contributed by atoms with Crippen LogP contribution in [0.2, 0.25) is 0 Å². The third-order valence-corrected chi connectivity index (χ3v) is 6.57. The predicted molar refractivity (Wildman–Crippen MR) is 138 cm³/mol. The van der Waals surface area contributed by atoms with E-state index in [0.29, 0.717) is 12.2 Å². The van der Waals surface area contributed by atoms with Crippen LogP contribution in [0, 0.1) is 25.2 Å². The number of aromatic nitrogens is 1. The molecule has 0 aliphatic carbocycles. The molecule has 174 valence electrons. The Bertz CT molecular complexity index is 1430. The van der Waals surface area contributed by atoms with Gasteiger partial charge in [0.2, 0.25) is 0 Å². The number of hydrogen-bond acceptors (Lipinski definition) is 5. The zero-order chi connectivity index (χ0) is 24.4. The van der Waals surface area contributed by atoms with Gasteiger partial charge in [-0.15, -0.1) is 0 Å². The van der Waals surface area contributed by atoms with E-state index in [1.54, 1.807) is 0 Å². The fourth-order valence-electron chi connectivity index (χ4n) is 4.54. The number of para-hydroxylation sites is 1. The van der Waals surface area contributed by atoms with Crippen molar-refractivity contribution < 1.29 is 9.26 Å². The molecule has 0 saturated heterocycles. The van der Waals surface area contributed by atoms with Gasteiger partial charge in [0.05, 0.1) is 23.4 Å². The van der Waals surface area contributed by atoms with E-state index < -0.39 is 0 Å². The van der Waals surface area contributed by atoms with E-state index in [1.807, 2.05) is 74.5 Å². The van der Waals surface area contributed by atoms with Gasteiger partial charge in [0, 0.05) is 11.1 Å². The molecular formula is C30H27N3O2. The highest BCUT2D eigenvalue weighted by molar-refractivity contribution is 5.82. The number of rotatable bonds is 6. The summed E-state index contributed by atoms with van der Waals surface area (Å²) in [5, 5.41) is 14.1. The molecule has 0 radical (unpaired) electrons. The molecule has 5 nitrogen and oxygen atoms in total. The quantitative estimate of drug-likeness (QED) is 0.301. The summed E-state index contributed by atoms with van der Waals surface area (Å²) in [4.78, 5) is 2.23. The molecule has 1 unspecified atom stereocenters. The average Bonchev–Trinajstić information content (AvgIpc) is 3.24. The van der Waals surface area contributed by atoms with Crippen molar-refractivity contribution in [3.63, 3.8) is 0 Å². The topological polar surface area (TPSA) is 62.3 Å². The van der Waals surface area contributed by atoms with E-state index in [0.717, 1.165) is 57.3 Å². The van der Waals surface area contributed by atoms with Crippen LogP contribution in [-0.4, -0.2) is 11.2 Å². The molecule has 0 saturated carbocycles. The van der Waals surface area contributed by atoms with Gasteiger partial charge in [0.25, 0.3) is 0 Å². The van der Waals surface area contributed by atoms with Crippen LogP contribution in [0.4, 0.5) is 11.5 Å². The average molecular weight is 462 g/mol. The summed E-state index contributed by atoms with van der Waals surface area (Å²) in [6, 6.07) is 26.6. The van der Waals surface area contributed by atoms with E-state index in [-0.39, 0.29) is 6.04 Å². The molecule has 0 amide bonds. The molecule has 2 heterocycles. The van der Waals surface area contributed by atoms with Crippen molar-refractivity contribution >= 4 is 17.3 Å². The zero-order valence-corrected chi connectivity index (χ0v) is 20.2. The number of aryl methyl sites for hydroxylation is 1. The Morgan fingerprint density at radius 2 is 1.77 bits per heavy atom. The number of hydrogen-bond donors (Lipinski definition) is 0. The van der Waals surface area contributed by atoms with Crippen molar-refractivity contribution in [3.05, 3.63) is 107 Å². The SMILES string of the molecule is CCC1C=C(OCc2ccc(-c3ccccc3)c(C#N)c2)c2ccccc2N1c1noc(C)c1C. The van der Waals surface area contributed by atoms with E-state index in [4.69, 9.17) is 9.26 Å². The molecule has 0 fully saturated rings. The summed E-state index contributed by atoms with van der Waals surface area (Å²) in [7, 11) is 0. The number of nitrogens with zero attached hydrogens (tertiary/aromatic N) is 3. The normalized spacial score (nSPS) is 14.7. The summed E-state index contributed by atoms with van der Waals surface area (Å²) in [6.07, 6.45) is 3.05. The van der Waals surface area contributed by atoms with Gasteiger partial charge in [-0.1, -0.05) is 66.7 Å². The maximum absolute atomic E-state index is 9.76. The molecule has 1 aromatic heterocycles. The molecule has 5 rings (SSSR count). The number of fused-ring (bicyclic) bond motifs is 1. The Hall–Kier alpha value is -4.30. The summed E-state index contributed by atoms with van der Waals surface area (Å²) in [5.41, 5.74) is 6.66. The largest absolute Gasteiger partial charge is 0.488 e. The highest BCUT2D eigenvalue weighted by Crippen LogP contribution is 2.41. The third-order valence-electron chi connectivity index (χ3n) is 6.57. The molecule has 0 spiro atoms. The number of anilines is 2. The Balaban J connectivity index is 1.44. The Morgan fingerprint density at radius 1 is 1.00 bits per heavy atom. The van der Waals surface area contributed by atoms with Crippen molar-refractivity contribution in [2.75, 3.05) is 4.90 Å².